The van der Waals surface area contributed by atoms with Crippen molar-refractivity contribution in [2.24, 2.45) is 0 Å². The van der Waals surface area contributed by atoms with Crippen molar-refractivity contribution in [2.75, 3.05) is 7.11 Å². The summed E-state index contributed by atoms with van der Waals surface area (Å²) in [4.78, 5) is 13.7. The van der Waals surface area contributed by atoms with Crippen LogP contribution in [0.15, 0.2) is 12.3 Å². The number of aromatic carboxylic acids is 1. The Morgan fingerprint density at radius 3 is 2.53 bits per heavy atom. The van der Waals surface area contributed by atoms with E-state index in [1.807, 2.05) is 0 Å². The molecule has 0 unspecified atom stereocenters. The Kier molecular flexibility index (Phi) is 2.83. The van der Waals surface area contributed by atoms with Gasteiger partial charge in [-0.1, -0.05) is 0 Å². The number of rotatable bonds is 2. The summed E-state index contributed by atoms with van der Waals surface area (Å²) >= 11 is 0. The lowest BCUT2D eigenvalue weighted by molar-refractivity contribution is -0.139. The summed E-state index contributed by atoms with van der Waals surface area (Å²) in [6.07, 6.45) is -3.89. The fourth-order valence-corrected chi connectivity index (χ4v) is 0.935. The molecule has 4 nitrogen and oxygen atoms in total. The first-order valence-electron chi connectivity index (χ1n) is 3.70. The fourth-order valence-electron chi connectivity index (χ4n) is 0.935. The summed E-state index contributed by atoms with van der Waals surface area (Å²) in [5.41, 5.74) is -1.74. The highest BCUT2D eigenvalue weighted by Gasteiger charge is 2.36. The van der Waals surface area contributed by atoms with E-state index in [9.17, 15) is 18.0 Å². The van der Waals surface area contributed by atoms with E-state index in [0.29, 0.717) is 6.07 Å². The number of pyridine rings is 1. The van der Waals surface area contributed by atoms with Gasteiger partial charge in [-0.3, -0.25) is 0 Å². The maximum atomic E-state index is 12.4. The molecule has 0 atom stereocenters. The number of carboxylic acid groups (broad SMARTS) is 1. The summed E-state index contributed by atoms with van der Waals surface area (Å²) in [5, 5.41) is 8.49. The number of hydrogen-bond acceptors (Lipinski definition) is 3. The number of methoxy groups -OCH3 is 1. The van der Waals surface area contributed by atoms with E-state index < -0.39 is 29.2 Å². The van der Waals surface area contributed by atoms with E-state index in [0.717, 1.165) is 13.3 Å². The van der Waals surface area contributed by atoms with Gasteiger partial charge in [-0.15, -0.1) is 0 Å². The van der Waals surface area contributed by atoms with Gasteiger partial charge < -0.3 is 9.84 Å². The molecule has 7 heteroatoms. The van der Waals surface area contributed by atoms with Gasteiger partial charge >= 0.3 is 12.1 Å². The molecule has 15 heavy (non-hydrogen) atoms. The van der Waals surface area contributed by atoms with E-state index >= 15 is 0 Å². The average Bonchev–Trinajstić information content (AvgIpc) is 2.15. The predicted molar refractivity (Wildman–Crippen MR) is 42.8 cm³/mol. The molecule has 0 radical (unpaired) electrons. The molecule has 0 spiro atoms. The van der Waals surface area contributed by atoms with Gasteiger partial charge in [-0.2, -0.15) is 13.2 Å². The molecule has 1 aromatic heterocycles. The molecule has 82 valence electrons. The van der Waals surface area contributed by atoms with Crippen LogP contribution in [0.5, 0.6) is 5.88 Å². The average molecular weight is 221 g/mol. The van der Waals surface area contributed by atoms with Crippen LogP contribution in [-0.4, -0.2) is 23.2 Å². The number of ether oxygens (including phenoxy) is 1. The summed E-state index contributed by atoms with van der Waals surface area (Å²) in [6, 6.07) is 0.480. The Bertz CT molecular complexity index is 389. The van der Waals surface area contributed by atoms with Gasteiger partial charge in [-0.05, 0) is 6.07 Å². The molecule has 1 N–H and O–H groups in total. The minimum absolute atomic E-state index is 0.480. The largest absolute Gasteiger partial charge is 0.481 e. The maximum absolute atomic E-state index is 12.4. The predicted octanol–water partition coefficient (Wildman–Crippen LogP) is 1.81. The van der Waals surface area contributed by atoms with Gasteiger partial charge in [-0.25, -0.2) is 9.78 Å². The van der Waals surface area contributed by atoms with Gasteiger partial charge in [0, 0.05) is 6.20 Å². The number of carboxylic acids is 1. The standard InChI is InChI=1S/C8H6F3NO3/c1-15-6-5(8(9,10)11)2-4(3-12-6)7(13)14/h2-3H,1H3,(H,13,14). The number of nitrogens with zero attached hydrogens (tertiary/aromatic N) is 1. The highest BCUT2D eigenvalue weighted by atomic mass is 19.4. The van der Waals surface area contributed by atoms with E-state index in [1.54, 1.807) is 0 Å². The van der Waals surface area contributed by atoms with Crippen molar-refractivity contribution in [1.82, 2.24) is 4.98 Å². The van der Waals surface area contributed by atoms with Gasteiger partial charge in [0.15, 0.2) is 0 Å². The zero-order valence-electron chi connectivity index (χ0n) is 7.50. The van der Waals surface area contributed by atoms with Crippen molar-refractivity contribution in [2.45, 2.75) is 6.18 Å². The van der Waals surface area contributed by atoms with Crippen molar-refractivity contribution in [1.29, 1.82) is 0 Å². The van der Waals surface area contributed by atoms with Crippen molar-refractivity contribution in [3.63, 3.8) is 0 Å². The summed E-state index contributed by atoms with van der Waals surface area (Å²) < 4.78 is 41.5. The summed E-state index contributed by atoms with van der Waals surface area (Å²) in [5.74, 6) is -2.12. The molecule has 0 aliphatic rings. The third-order valence-electron chi connectivity index (χ3n) is 1.60. The number of aromatic nitrogens is 1. The molecular formula is C8H6F3NO3. The molecular weight excluding hydrogens is 215 g/mol. The number of halogens is 3. The lowest BCUT2D eigenvalue weighted by Crippen LogP contribution is -2.11. The van der Waals surface area contributed by atoms with E-state index in [-0.39, 0.29) is 0 Å². The van der Waals surface area contributed by atoms with E-state index in [4.69, 9.17) is 5.11 Å². The van der Waals surface area contributed by atoms with Crippen LogP contribution in [0.25, 0.3) is 0 Å². The number of hydrogen-bond donors (Lipinski definition) is 1. The Morgan fingerprint density at radius 1 is 1.53 bits per heavy atom. The Hall–Kier alpha value is -1.79. The first-order chi connectivity index (χ1) is 6.86. The van der Waals surface area contributed by atoms with Crippen LogP contribution < -0.4 is 4.74 Å². The SMILES string of the molecule is COc1ncc(C(=O)O)cc1C(F)(F)F. The van der Waals surface area contributed by atoms with Gasteiger partial charge in [0.2, 0.25) is 5.88 Å². The van der Waals surface area contributed by atoms with Crippen LogP contribution in [0.2, 0.25) is 0 Å². The first-order valence-corrected chi connectivity index (χ1v) is 3.70. The third kappa shape index (κ3) is 2.36. The monoisotopic (exact) mass is 221 g/mol. The zero-order chi connectivity index (χ0) is 11.6. The second kappa shape index (κ2) is 3.76. The minimum atomic E-state index is -4.69. The zero-order valence-corrected chi connectivity index (χ0v) is 7.50. The highest BCUT2D eigenvalue weighted by molar-refractivity contribution is 5.87. The van der Waals surface area contributed by atoms with Crippen LogP contribution in [0, 0.1) is 0 Å². The topological polar surface area (TPSA) is 59.4 Å². The van der Waals surface area contributed by atoms with Crippen LogP contribution in [0.1, 0.15) is 15.9 Å². The van der Waals surface area contributed by atoms with Crippen LogP contribution >= 0.6 is 0 Å². The Labute approximate surface area is 82.3 Å². The molecule has 1 aromatic rings. The van der Waals surface area contributed by atoms with Crippen molar-refractivity contribution >= 4 is 5.97 Å². The Morgan fingerprint density at radius 2 is 2.13 bits per heavy atom. The summed E-state index contributed by atoms with van der Waals surface area (Å²) in [7, 11) is 1.03. The molecule has 0 saturated carbocycles. The van der Waals surface area contributed by atoms with Gasteiger partial charge in [0.25, 0.3) is 0 Å². The van der Waals surface area contributed by atoms with Gasteiger partial charge in [0.05, 0.1) is 12.7 Å². The normalized spacial score (nSPS) is 11.2. The fraction of sp³-hybridized carbons (Fsp3) is 0.250. The molecule has 0 amide bonds. The van der Waals surface area contributed by atoms with Crippen LogP contribution in [0.3, 0.4) is 0 Å². The quantitative estimate of drug-likeness (QED) is 0.827. The van der Waals surface area contributed by atoms with Gasteiger partial charge in [0.1, 0.15) is 5.56 Å². The third-order valence-corrected chi connectivity index (χ3v) is 1.60. The number of carbonyl (C=O) groups is 1. The smallest absolute Gasteiger partial charge is 0.421 e. The maximum Gasteiger partial charge on any atom is 0.421 e. The van der Waals surface area contributed by atoms with Crippen LogP contribution in [0.4, 0.5) is 13.2 Å². The number of alkyl halides is 3. The second-order valence-corrected chi connectivity index (χ2v) is 2.58. The second-order valence-electron chi connectivity index (χ2n) is 2.58. The first kappa shape index (κ1) is 11.3. The molecule has 1 rings (SSSR count). The Balaban J connectivity index is 3.32. The van der Waals surface area contributed by atoms with Crippen molar-refractivity contribution in [3.05, 3.63) is 23.4 Å². The lowest BCUT2D eigenvalue weighted by Gasteiger charge is -2.10. The molecule has 0 fully saturated rings. The molecule has 0 bridgehead atoms. The van der Waals surface area contributed by atoms with Crippen molar-refractivity contribution in [3.8, 4) is 5.88 Å². The molecule has 0 aromatic carbocycles. The van der Waals surface area contributed by atoms with Crippen molar-refractivity contribution < 1.29 is 27.8 Å². The molecule has 0 aliphatic carbocycles. The lowest BCUT2D eigenvalue weighted by atomic mass is 10.2. The molecule has 0 aliphatic heterocycles. The van der Waals surface area contributed by atoms with Crippen LogP contribution in [-0.2, 0) is 6.18 Å². The highest BCUT2D eigenvalue weighted by Crippen LogP contribution is 2.35. The minimum Gasteiger partial charge on any atom is -0.481 e. The van der Waals surface area contributed by atoms with E-state index in [1.165, 1.54) is 0 Å². The molecule has 1 heterocycles. The van der Waals surface area contributed by atoms with E-state index in [2.05, 4.69) is 9.72 Å². The summed E-state index contributed by atoms with van der Waals surface area (Å²) in [6.45, 7) is 0. The molecule has 0 saturated heterocycles.